The predicted molar refractivity (Wildman–Crippen MR) is 67.2 cm³/mol. The fraction of sp³-hybridized carbons (Fsp3) is 0.250. The highest BCUT2D eigenvalue weighted by Gasteiger charge is 2.09. The number of aryl methyl sites for hydroxylation is 2. The summed E-state index contributed by atoms with van der Waals surface area (Å²) in [5, 5.41) is 0. The lowest BCUT2D eigenvalue weighted by atomic mass is 10.3. The molecule has 0 unspecified atom stereocenters. The van der Waals surface area contributed by atoms with Crippen LogP contribution in [0.15, 0.2) is 33.8 Å². The molecule has 2 N–H and O–H groups in total. The second kappa shape index (κ2) is 4.95. The third-order valence-corrected chi connectivity index (χ3v) is 2.23. The van der Waals surface area contributed by atoms with Crippen LogP contribution in [0, 0.1) is 13.8 Å². The summed E-state index contributed by atoms with van der Waals surface area (Å²) in [6.07, 6.45) is 1.39. The van der Waals surface area contributed by atoms with Crippen LogP contribution in [-0.2, 0) is 0 Å². The summed E-state index contributed by atoms with van der Waals surface area (Å²) >= 11 is 0. The Labute approximate surface area is 104 Å². The van der Waals surface area contributed by atoms with E-state index in [4.69, 9.17) is 10.5 Å². The molecule has 1 aromatic rings. The minimum atomic E-state index is -0.514. The number of halogens is 1. The molecule has 0 fully saturated rings. The molecule has 0 bridgehead atoms. The predicted octanol–water partition coefficient (Wildman–Crippen LogP) is 2.01. The van der Waals surface area contributed by atoms with Gasteiger partial charge in [-0.05, 0) is 13.8 Å². The van der Waals surface area contributed by atoms with E-state index in [0.717, 1.165) is 11.4 Å². The Bertz CT molecular complexity index is 543. The Hall–Kier alpha value is -2.24. The molecule has 18 heavy (non-hydrogen) atoms. The third kappa shape index (κ3) is 2.91. The van der Waals surface area contributed by atoms with Crippen molar-refractivity contribution in [3.05, 3.63) is 35.2 Å². The maximum absolute atomic E-state index is 13.2. The van der Waals surface area contributed by atoms with E-state index in [1.807, 2.05) is 13.8 Å². The van der Waals surface area contributed by atoms with Gasteiger partial charge < -0.3 is 10.5 Å². The number of hydrogen-bond acceptors (Lipinski definition) is 5. The van der Waals surface area contributed by atoms with E-state index in [1.54, 1.807) is 12.1 Å². The molecule has 94 valence electrons. The molecular formula is C12H13FN4O. The van der Waals surface area contributed by atoms with Gasteiger partial charge in [0.25, 0.3) is 0 Å². The first-order chi connectivity index (χ1) is 8.54. The number of hydrogen-bond donors (Lipinski definition) is 1. The Balaban J connectivity index is 2.26. The normalized spacial score (nSPS) is 15.4. The molecule has 2 heterocycles. The molecule has 0 atom stereocenters. The van der Waals surface area contributed by atoms with Crippen LogP contribution in [0.2, 0.25) is 0 Å². The van der Waals surface area contributed by atoms with Gasteiger partial charge in [-0.1, -0.05) is 0 Å². The molecule has 5 nitrogen and oxygen atoms in total. The van der Waals surface area contributed by atoms with Crippen LogP contribution in [0.5, 0.6) is 5.75 Å². The first-order valence-corrected chi connectivity index (χ1v) is 5.43. The lowest BCUT2D eigenvalue weighted by molar-refractivity contribution is 0.538. The molecular weight excluding hydrogens is 235 g/mol. The van der Waals surface area contributed by atoms with Crippen LogP contribution < -0.4 is 10.5 Å². The number of ether oxygens (including phenoxy) is 1. The van der Waals surface area contributed by atoms with Gasteiger partial charge in [0.1, 0.15) is 11.6 Å². The van der Waals surface area contributed by atoms with Crippen LogP contribution in [0.3, 0.4) is 0 Å². The van der Waals surface area contributed by atoms with Crippen molar-refractivity contribution in [2.75, 3.05) is 0 Å². The molecule has 0 spiro atoms. The highest BCUT2D eigenvalue weighted by atomic mass is 19.1. The summed E-state index contributed by atoms with van der Waals surface area (Å²) in [5.41, 5.74) is 7.06. The van der Waals surface area contributed by atoms with Gasteiger partial charge in [0.05, 0.1) is 0 Å². The van der Waals surface area contributed by atoms with Crippen molar-refractivity contribution in [3.8, 4) is 5.75 Å². The van der Waals surface area contributed by atoms with Crippen LogP contribution in [0.25, 0.3) is 0 Å². The number of nitrogens with zero attached hydrogens (tertiary/aromatic N) is 3. The zero-order chi connectivity index (χ0) is 13.1. The second-order valence-corrected chi connectivity index (χ2v) is 3.89. The fourth-order valence-corrected chi connectivity index (χ4v) is 1.51. The van der Waals surface area contributed by atoms with Crippen molar-refractivity contribution in [3.63, 3.8) is 0 Å². The minimum Gasteiger partial charge on any atom is -0.424 e. The first-order valence-electron chi connectivity index (χ1n) is 5.43. The Morgan fingerprint density at radius 2 is 1.94 bits per heavy atom. The number of pyridine rings is 1. The zero-order valence-electron chi connectivity index (χ0n) is 10.1. The topological polar surface area (TPSA) is 72.9 Å². The van der Waals surface area contributed by atoms with Crippen molar-refractivity contribution < 1.29 is 9.13 Å². The molecule has 1 aromatic heterocycles. The average Bonchev–Trinajstić information content (AvgIpc) is 2.40. The number of nitrogens with two attached hydrogens (primary N) is 1. The molecule has 0 aliphatic carbocycles. The summed E-state index contributed by atoms with van der Waals surface area (Å²) in [5.74, 6) is -0.171. The van der Waals surface area contributed by atoms with Crippen molar-refractivity contribution in [2.24, 2.45) is 15.7 Å². The molecule has 0 saturated heterocycles. The summed E-state index contributed by atoms with van der Waals surface area (Å²) < 4.78 is 18.6. The molecule has 0 saturated carbocycles. The molecule has 0 amide bonds. The quantitative estimate of drug-likeness (QED) is 0.826. The zero-order valence-corrected chi connectivity index (χ0v) is 10.1. The van der Waals surface area contributed by atoms with Gasteiger partial charge in [-0.2, -0.15) is 4.99 Å². The van der Waals surface area contributed by atoms with E-state index < -0.39 is 5.83 Å². The van der Waals surface area contributed by atoms with Crippen LogP contribution in [0.4, 0.5) is 4.39 Å². The number of rotatable bonds is 1. The molecule has 6 heteroatoms. The smallest absolute Gasteiger partial charge is 0.323 e. The van der Waals surface area contributed by atoms with Gasteiger partial charge in [0.15, 0.2) is 5.82 Å². The summed E-state index contributed by atoms with van der Waals surface area (Å²) in [6.45, 7) is 3.71. The molecule has 1 aliphatic rings. The maximum atomic E-state index is 13.2. The SMILES string of the molecule is Cc1cc(OC2=NC(N)=C(F)CC=N2)cc(C)n1. The second-order valence-electron chi connectivity index (χ2n) is 3.89. The molecule has 1 aliphatic heterocycles. The fourth-order valence-electron chi connectivity index (χ4n) is 1.51. The third-order valence-electron chi connectivity index (χ3n) is 2.23. The Kier molecular flexibility index (Phi) is 3.36. The van der Waals surface area contributed by atoms with Gasteiger partial charge in [-0.25, -0.2) is 9.38 Å². The first kappa shape index (κ1) is 12.2. The number of allylic oxidation sites excluding steroid dienone is 1. The van der Waals surface area contributed by atoms with Gasteiger partial charge in [-0.3, -0.25) is 4.98 Å². The van der Waals surface area contributed by atoms with E-state index in [0.29, 0.717) is 5.75 Å². The highest BCUT2D eigenvalue weighted by molar-refractivity contribution is 5.87. The van der Waals surface area contributed by atoms with Crippen LogP contribution in [-0.4, -0.2) is 17.2 Å². The summed E-state index contributed by atoms with van der Waals surface area (Å²) in [7, 11) is 0. The number of aromatic nitrogens is 1. The van der Waals surface area contributed by atoms with Gasteiger partial charge in [-0.15, -0.1) is 0 Å². The van der Waals surface area contributed by atoms with Crippen LogP contribution >= 0.6 is 0 Å². The molecule has 2 rings (SSSR count). The summed E-state index contributed by atoms with van der Waals surface area (Å²) in [6, 6.07) is 3.50. The van der Waals surface area contributed by atoms with Crippen molar-refractivity contribution >= 4 is 12.2 Å². The number of aliphatic imine (C=N–C) groups is 2. The van der Waals surface area contributed by atoms with E-state index >= 15 is 0 Å². The molecule has 0 radical (unpaired) electrons. The average molecular weight is 248 g/mol. The minimum absolute atomic E-state index is 0.0187. The lowest BCUT2D eigenvalue weighted by Gasteiger charge is -2.05. The maximum Gasteiger partial charge on any atom is 0.323 e. The van der Waals surface area contributed by atoms with E-state index in [2.05, 4.69) is 15.0 Å². The monoisotopic (exact) mass is 248 g/mol. The summed E-state index contributed by atoms with van der Waals surface area (Å²) in [4.78, 5) is 11.9. The van der Waals surface area contributed by atoms with Crippen molar-refractivity contribution in [1.29, 1.82) is 0 Å². The van der Waals surface area contributed by atoms with E-state index in [9.17, 15) is 4.39 Å². The lowest BCUT2D eigenvalue weighted by Crippen LogP contribution is -2.08. The van der Waals surface area contributed by atoms with Crippen molar-refractivity contribution in [2.45, 2.75) is 20.3 Å². The van der Waals surface area contributed by atoms with E-state index in [1.165, 1.54) is 6.21 Å². The standard InChI is InChI=1S/C12H13FN4O/c1-7-5-9(6-8(2)16-7)18-12-15-4-3-10(13)11(14)17-12/h4-6H,3,14H2,1-2H3. The van der Waals surface area contributed by atoms with E-state index in [-0.39, 0.29) is 18.3 Å². The number of amidine groups is 1. The van der Waals surface area contributed by atoms with Crippen LogP contribution in [0.1, 0.15) is 17.8 Å². The van der Waals surface area contributed by atoms with Gasteiger partial charge in [0.2, 0.25) is 0 Å². The Morgan fingerprint density at radius 1 is 1.28 bits per heavy atom. The molecule has 0 aromatic carbocycles. The van der Waals surface area contributed by atoms with Gasteiger partial charge >= 0.3 is 6.02 Å². The highest BCUT2D eigenvalue weighted by Crippen LogP contribution is 2.16. The Morgan fingerprint density at radius 3 is 2.61 bits per heavy atom. The van der Waals surface area contributed by atoms with Gasteiger partial charge in [0, 0.05) is 36.2 Å². The van der Waals surface area contributed by atoms with Crippen molar-refractivity contribution in [1.82, 2.24) is 4.98 Å². The largest absolute Gasteiger partial charge is 0.424 e.